The third-order valence-corrected chi connectivity index (χ3v) is 2.98. The quantitative estimate of drug-likeness (QED) is 0.825. The third kappa shape index (κ3) is 3.55. The first-order valence-electron chi connectivity index (χ1n) is 6.19. The van der Waals surface area contributed by atoms with E-state index in [-0.39, 0.29) is 11.9 Å². The average Bonchev–Trinajstić information content (AvgIpc) is 2.91. The maximum Gasteiger partial charge on any atom is 0.244 e. The summed E-state index contributed by atoms with van der Waals surface area (Å²) in [5.41, 5.74) is 3.15. The highest BCUT2D eigenvalue weighted by molar-refractivity contribution is 5.92. The molecule has 1 aromatic carbocycles. The monoisotopic (exact) mass is 255 g/mol. The Morgan fingerprint density at radius 1 is 1.42 bits per heavy atom. The van der Waals surface area contributed by atoms with Crippen LogP contribution in [0.4, 0.5) is 0 Å². The van der Waals surface area contributed by atoms with Gasteiger partial charge in [-0.25, -0.2) is 0 Å². The van der Waals surface area contributed by atoms with Crippen LogP contribution >= 0.6 is 0 Å². The van der Waals surface area contributed by atoms with Crippen LogP contribution in [-0.4, -0.2) is 16.1 Å². The molecule has 0 aliphatic heterocycles. The van der Waals surface area contributed by atoms with E-state index in [9.17, 15) is 4.79 Å². The van der Waals surface area contributed by atoms with Gasteiger partial charge in [0.25, 0.3) is 0 Å². The Kier molecular flexibility index (Phi) is 4.13. The summed E-state index contributed by atoms with van der Waals surface area (Å²) in [6, 6.07) is 7.88. The van der Waals surface area contributed by atoms with Crippen molar-refractivity contribution in [3.05, 3.63) is 59.4 Å². The second-order valence-corrected chi connectivity index (χ2v) is 4.45. The van der Waals surface area contributed by atoms with Crippen LogP contribution in [0, 0.1) is 6.92 Å². The van der Waals surface area contributed by atoms with E-state index in [0.717, 1.165) is 16.7 Å². The molecule has 0 aliphatic carbocycles. The zero-order valence-electron chi connectivity index (χ0n) is 11.1. The number of aromatic nitrogens is 2. The summed E-state index contributed by atoms with van der Waals surface area (Å²) < 4.78 is 0. The Hall–Kier alpha value is -2.36. The molecule has 4 heteroatoms. The first-order chi connectivity index (χ1) is 9.16. The first-order valence-corrected chi connectivity index (χ1v) is 6.19. The Bertz CT molecular complexity index is 573. The van der Waals surface area contributed by atoms with Crippen LogP contribution in [0.1, 0.15) is 29.7 Å². The van der Waals surface area contributed by atoms with Crippen LogP contribution in [0.5, 0.6) is 0 Å². The summed E-state index contributed by atoms with van der Waals surface area (Å²) in [6.45, 7) is 3.94. The number of carbonyl (C=O) groups excluding carboxylic acids is 1. The van der Waals surface area contributed by atoms with Crippen molar-refractivity contribution in [2.45, 2.75) is 19.9 Å². The van der Waals surface area contributed by atoms with Gasteiger partial charge in [0.15, 0.2) is 0 Å². The fraction of sp³-hybridized carbons (Fsp3) is 0.200. The molecule has 0 saturated carbocycles. The number of nitrogens with one attached hydrogen (secondary N) is 2. The molecule has 4 nitrogen and oxygen atoms in total. The van der Waals surface area contributed by atoms with Crippen LogP contribution in [-0.2, 0) is 4.79 Å². The fourth-order valence-corrected chi connectivity index (χ4v) is 1.78. The molecule has 19 heavy (non-hydrogen) atoms. The zero-order chi connectivity index (χ0) is 13.7. The van der Waals surface area contributed by atoms with Crippen molar-refractivity contribution >= 4 is 12.0 Å². The summed E-state index contributed by atoms with van der Waals surface area (Å²) >= 11 is 0. The van der Waals surface area contributed by atoms with E-state index < -0.39 is 0 Å². The number of hydrogen-bond acceptors (Lipinski definition) is 2. The molecule has 98 valence electrons. The average molecular weight is 255 g/mol. The molecule has 1 unspecified atom stereocenters. The van der Waals surface area contributed by atoms with Gasteiger partial charge in [-0.3, -0.25) is 9.89 Å². The van der Waals surface area contributed by atoms with Gasteiger partial charge < -0.3 is 5.32 Å². The number of amides is 1. The molecule has 2 N–H and O–H groups in total. The Labute approximate surface area is 112 Å². The van der Waals surface area contributed by atoms with Crippen molar-refractivity contribution < 1.29 is 4.79 Å². The predicted octanol–water partition coefficient (Wildman–Crippen LogP) is 2.61. The Morgan fingerprint density at radius 2 is 2.21 bits per heavy atom. The number of rotatable bonds is 4. The molecule has 0 fully saturated rings. The number of hydrogen-bond donors (Lipinski definition) is 2. The highest BCUT2D eigenvalue weighted by Crippen LogP contribution is 2.10. The Morgan fingerprint density at radius 3 is 2.89 bits per heavy atom. The van der Waals surface area contributed by atoms with Gasteiger partial charge in [-0.1, -0.05) is 24.3 Å². The molecule has 2 rings (SSSR count). The lowest BCUT2D eigenvalue weighted by Crippen LogP contribution is -2.24. The van der Waals surface area contributed by atoms with E-state index in [1.165, 1.54) is 0 Å². The van der Waals surface area contributed by atoms with Gasteiger partial charge in [-0.15, -0.1) is 0 Å². The van der Waals surface area contributed by atoms with E-state index in [4.69, 9.17) is 0 Å². The van der Waals surface area contributed by atoms with Crippen molar-refractivity contribution in [1.82, 2.24) is 15.5 Å². The minimum absolute atomic E-state index is 0.0622. The summed E-state index contributed by atoms with van der Waals surface area (Å²) in [6.07, 6.45) is 6.86. The minimum Gasteiger partial charge on any atom is -0.346 e. The lowest BCUT2D eigenvalue weighted by atomic mass is 10.1. The van der Waals surface area contributed by atoms with Crippen LogP contribution in [0.15, 0.2) is 42.7 Å². The smallest absolute Gasteiger partial charge is 0.244 e. The molecule has 0 spiro atoms. The van der Waals surface area contributed by atoms with Crippen molar-refractivity contribution in [3.8, 4) is 0 Å². The summed E-state index contributed by atoms with van der Waals surface area (Å²) in [5, 5.41) is 9.48. The van der Waals surface area contributed by atoms with E-state index in [1.807, 2.05) is 44.2 Å². The second-order valence-electron chi connectivity index (χ2n) is 4.45. The largest absolute Gasteiger partial charge is 0.346 e. The fourth-order valence-electron chi connectivity index (χ4n) is 1.78. The number of aryl methyl sites for hydroxylation is 1. The summed E-state index contributed by atoms with van der Waals surface area (Å²) in [5.74, 6) is -0.114. The SMILES string of the molecule is Cc1ccccc1/C=C/C(=O)NC(C)c1cn[nH]c1. The Balaban J connectivity index is 1.96. The minimum atomic E-state index is -0.114. The van der Waals surface area contributed by atoms with Gasteiger partial charge in [0.1, 0.15) is 0 Å². The van der Waals surface area contributed by atoms with Gasteiger partial charge >= 0.3 is 0 Å². The third-order valence-electron chi connectivity index (χ3n) is 2.98. The van der Waals surface area contributed by atoms with Crippen molar-refractivity contribution in [1.29, 1.82) is 0 Å². The lowest BCUT2D eigenvalue weighted by Gasteiger charge is -2.09. The molecular formula is C15H17N3O. The molecular weight excluding hydrogens is 238 g/mol. The normalized spacial score (nSPS) is 12.5. The standard InChI is InChI=1S/C15H17N3O/c1-11-5-3-4-6-13(11)7-8-15(19)18-12(2)14-9-16-17-10-14/h3-10,12H,1-2H3,(H,16,17)(H,18,19)/b8-7+. The van der Waals surface area contributed by atoms with Crippen LogP contribution in [0.3, 0.4) is 0 Å². The maximum atomic E-state index is 11.8. The molecule has 0 aliphatic rings. The first kappa shape index (κ1) is 13.1. The van der Waals surface area contributed by atoms with Crippen LogP contribution < -0.4 is 5.32 Å². The molecule has 1 atom stereocenters. The van der Waals surface area contributed by atoms with Crippen molar-refractivity contribution in [2.75, 3.05) is 0 Å². The van der Waals surface area contributed by atoms with E-state index in [1.54, 1.807) is 18.5 Å². The predicted molar refractivity (Wildman–Crippen MR) is 75.4 cm³/mol. The van der Waals surface area contributed by atoms with Crippen LogP contribution in [0.25, 0.3) is 6.08 Å². The van der Waals surface area contributed by atoms with Gasteiger partial charge in [0, 0.05) is 17.8 Å². The second kappa shape index (κ2) is 6.00. The zero-order valence-corrected chi connectivity index (χ0v) is 11.1. The summed E-state index contributed by atoms with van der Waals surface area (Å²) in [4.78, 5) is 11.8. The molecule has 1 amide bonds. The molecule has 1 aromatic heterocycles. The number of aromatic amines is 1. The number of H-pyrrole nitrogens is 1. The van der Waals surface area contributed by atoms with Gasteiger partial charge in [0.05, 0.1) is 12.2 Å². The van der Waals surface area contributed by atoms with Gasteiger partial charge in [-0.05, 0) is 31.1 Å². The lowest BCUT2D eigenvalue weighted by molar-refractivity contribution is -0.117. The number of carbonyl (C=O) groups is 1. The van der Waals surface area contributed by atoms with E-state index in [0.29, 0.717) is 0 Å². The molecule has 0 saturated heterocycles. The molecule has 1 heterocycles. The van der Waals surface area contributed by atoms with E-state index in [2.05, 4.69) is 15.5 Å². The van der Waals surface area contributed by atoms with Crippen molar-refractivity contribution in [3.63, 3.8) is 0 Å². The van der Waals surface area contributed by atoms with Gasteiger partial charge in [0.2, 0.25) is 5.91 Å². The molecule has 0 bridgehead atoms. The number of nitrogens with zero attached hydrogens (tertiary/aromatic N) is 1. The topological polar surface area (TPSA) is 57.8 Å². The summed E-state index contributed by atoms with van der Waals surface area (Å²) in [7, 11) is 0. The molecule has 0 radical (unpaired) electrons. The highest BCUT2D eigenvalue weighted by Gasteiger charge is 2.07. The number of benzene rings is 1. The van der Waals surface area contributed by atoms with Gasteiger partial charge in [-0.2, -0.15) is 5.10 Å². The van der Waals surface area contributed by atoms with Crippen molar-refractivity contribution in [2.24, 2.45) is 0 Å². The maximum absolute atomic E-state index is 11.8. The highest BCUT2D eigenvalue weighted by atomic mass is 16.1. The van der Waals surface area contributed by atoms with Crippen LogP contribution in [0.2, 0.25) is 0 Å². The molecule has 2 aromatic rings. The van der Waals surface area contributed by atoms with E-state index >= 15 is 0 Å².